The third-order valence-electron chi connectivity index (χ3n) is 12.3. The van der Waals surface area contributed by atoms with Crippen LogP contribution in [0.2, 0.25) is 0 Å². The number of esters is 1. The van der Waals surface area contributed by atoms with Crippen LogP contribution in [0.4, 0.5) is 14.5 Å². The van der Waals surface area contributed by atoms with Gasteiger partial charge in [-0.2, -0.15) is 0 Å². The number of benzene rings is 2. The fourth-order valence-electron chi connectivity index (χ4n) is 9.17. The van der Waals surface area contributed by atoms with Crippen molar-refractivity contribution >= 4 is 47.1 Å². The third kappa shape index (κ3) is 9.48. The molecule has 7 rings (SSSR count). The number of nitrogens with zero attached hydrogens (tertiary/aromatic N) is 4. The van der Waals surface area contributed by atoms with Crippen molar-refractivity contribution in [1.82, 2.24) is 30.7 Å². The zero-order valence-electron chi connectivity index (χ0n) is 34.8. The Bertz CT molecular complexity index is 2070. The average Bonchev–Trinajstić information content (AvgIpc) is 3.96. The van der Waals surface area contributed by atoms with E-state index in [0.29, 0.717) is 18.1 Å². The molecule has 16 nitrogen and oxygen atoms in total. The summed E-state index contributed by atoms with van der Waals surface area (Å²) in [5, 5.41) is 8.06. The SMILES string of the molecule is C[C@H]1C[C@H]2C(=O)O[C@@H](C)[C@H](NC(=O)[C@H](Cc3cc(F)cc(F)c3)NC(=O)Cc3ccc4c(c3)CCN4C)C(=O)N3CCC[C@H]3C(=O)N3CCOC[C@H]3C(=O)N[C@@H](C)C(=O)N2C1. The van der Waals surface area contributed by atoms with E-state index in [9.17, 15) is 42.3 Å². The van der Waals surface area contributed by atoms with E-state index >= 15 is 0 Å². The van der Waals surface area contributed by atoms with Crippen LogP contribution in [-0.2, 0) is 62.3 Å². The minimum Gasteiger partial charge on any atom is -0.458 e. The summed E-state index contributed by atoms with van der Waals surface area (Å²) in [5.41, 5.74) is 2.85. The van der Waals surface area contributed by atoms with Gasteiger partial charge < -0.3 is 45.0 Å². The summed E-state index contributed by atoms with van der Waals surface area (Å²) in [6, 6.07) is 0.981. The van der Waals surface area contributed by atoms with Crippen molar-refractivity contribution in [1.29, 1.82) is 0 Å². The molecule has 3 N–H and O–H groups in total. The molecule has 8 atom stereocenters. The Balaban J connectivity index is 1.20. The molecule has 18 heteroatoms. The second-order valence-corrected chi connectivity index (χ2v) is 16.9. The highest BCUT2D eigenvalue weighted by molar-refractivity contribution is 5.98. The predicted molar refractivity (Wildman–Crippen MR) is 215 cm³/mol. The lowest BCUT2D eigenvalue weighted by Crippen LogP contribution is -2.64. The van der Waals surface area contributed by atoms with Gasteiger partial charge in [0, 0.05) is 51.4 Å². The molecule has 0 unspecified atom stereocenters. The van der Waals surface area contributed by atoms with E-state index in [1.165, 1.54) is 28.5 Å². The number of carbonyl (C=O) groups excluding carboxylic acids is 7. The Kier molecular flexibility index (Phi) is 12.9. The third-order valence-corrected chi connectivity index (χ3v) is 12.3. The monoisotopic (exact) mass is 849 g/mol. The zero-order valence-corrected chi connectivity index (χ0v) is 34.8. The number of carbonyl (C=O) groups is 7. The summed E-state index contributed by atoms with van der Waals surface area (Å²) in [6.07, 6.45) is -0.206. The first-order chi connectivity index (χ1) is 29.1. The maximum absolute atomic E-state index is 14.8. The minimum absolute atomic E-state index is 0.0439. The number of fused-ring (bicyclic) bond motifs is 4. The van der Waals surface area contributed by atoms with Gasteiger partial charge in [0.1, 0.15) is 54.0 Å². The predicted octanol–water partition coefficient (Wildman–Crippen LogP) is 0.617. The van der Waals surface area contributed by atoms with Gasteiger partial charge in [0.15, 0.2) is 0 Å². The van der Waals surface area contributed by atoms with E-state index in [4.69, 9.17) is 9.47 Å². The maximum atomic E-state index is 14.8. The number of morpholine rings is 1. The van der Waals surface area contributed by atoms with E-state index in [0.717, 1.165) is 36.3 Å². The van der Waals surface area contributed by atoms with Gasteiger partial charge in [0.25, 0.3) is 0 Å². The number of anilines is 1. The highest BCUT2D eigenvalue weighted by atomic mass is 19.1. The van der Waals surface area contributed by atoms with Gasteiger partial charge >= 0.3 is 5.97 Å². The number of halogens is 2. The van der Waals surface area contributed by atoms with Crippen molar-refractivity contribution in [2.75, 3.05) is 51.3 Å². The summed E-state index contributed by atoms with van der Waals surface area (Å²) < 4.78 is 40.3. The summed E-state index contributed by atoms with van der Waals surface area (Å²) in [4.78, 5) is 105. The summed E-state index contributed by atoms with van der Waals surface area (Å²) in [6.45, 7) is 5.91. The van der Waals surface area contributed by atoms with Gasteiger partial charge in [0.05, 0.1) is 19.6 Å². The van der Waals surface area contributed by atoms with Crippen LogP contribution in [0.15, 0.2) is 36.4 Å². The Morgan fingerprint density at radius 3 is 2.36 bits per heavy atom. The van der Waals surface area contributed by atoms with E-state index in [1.807, 2.05) is 32.2 Å². The number of ether oxygens (including phenoxy) is 2. The first-order valence-corrected chi connectivity index (χ1v) is 21.0. The van der Waals surface area contributed by atoms with Crippen molar-refractivity contribution in [3.63, 3.8) is 0 Å². The molecule has 0 aliphatic carbocycles. The van der Waals surface area contributed by atoms with E-state index < -0.39 is 95.4 Å². The maximum Gasteiger partial charge on any atom is 0.329 e. The van der Waals surface area contributed by atoms with E-state index in [-0.39, 0.29) is 70.0 Å². The molecule has 0 radical (unpaired) electrons. The fourth-order valence-corrected chi connectivity index (χ4v) is 9.17. The first kappa shape index (κ1) is 43.4. The van der Waals surface area contributed by atoms with Gasteiger partial charge in [-0.1, -0.05) is 19.1 Å². The Labute approximate surface area is 352 Å². The van der Waals surface area contributed by atoms with E-state index in [2.05, 4.69) is 20.9 Å². The molecule has 0 saturated carbocycles. The quantitative estimate of drug-likeness (QED) is 0.334. The standard InChI is InChI=1S/C43H53F2N7O9/c1-23-14-34-43(59)61-25(3)37(42(58)50-10-5-6-33(50)41(57)51-12-13-60-22-35(51)39(55)46-24(2)40(56)52(34)21-23)48-38(54)31(18-27-16-29(44)20-30(45)17-27)47-36(53)19-26-7-8-32-28(15-26)9-11-49(32)4/h7-8,15-17,20,23-25,31,33-35,37H,5-6,9-14,18-19,21-22H2,1-4H3,(H,46,55)(H,47,53)(H,48,54)/t23-,24-,25-,31-,33-,34-,35-,37-/m0/s1. The average molecular weight is 850 g/mol. The summed E-state index contributed by atoms with van der Waals surface area (Å²) in [5.74, 6) is -6.73. The van der Waals surface area contributed by atoms with E-state index in [1.54, 1.807) is 0 Å². The summed E-state index contributed by atoms with van der Waals surface area (Å²) in [7, 11) is 1.97. The molecule has 5 heterocycles. The Morgan fingerprint density at radius 1 is 0.869 bits per heavy atom. The molecule has 6 amide bonds. The Morgan fingerprint density at radius 2 is 1.61 bits per heavy atom. The molecule has 5 aliphatic heterocycles. The molecule has 5 aliphatic rings. The van der Waals surface area contributed by atoms with Crippen LogP contribution in [0.1, 0.15) is 56.7 Å². The number of hydrogen-bond donors (Lipinski definition) is 3. The van der Waals surface area contributed by atoms with Crippen molar-refractivity contribution in [3.05, 3.63) is 64.7 Å². The lowest BCUT2D eigenvalue weighted by atomic mass is 10.0. The smallest absolute Gasteiger partial charge is 0.329 e. The number of likely N-dealkylation sites (N-methyl/N-ethyl adjacent to an activating group) is 1. The summed E-state index contributed by atoms with van der Waals surface area (Å²) >= 11 is 0. The molecule has 0 spiro atoms. The normalized spacial score (nSPS) is 27.8. The highest BCUT2D eigenvalue weighted by Crippen LogP contribution is 2.29. The van der Waals surface area contributed by atoms with Gasteiger partial charge in [-0.25, -0.2) is 13.6 Å². The van der Waals surface area contributed by atoms with Crippen molar-refractivity contribution in [3.8, 4) is 0 Å². The van der Waals surface area contributed by atoms with Crippen LogP contribution in [0.25, 0.3) is 0 Å². The molecule has 61 heavy (non-hydrogen) atoms. The molecule has 0 aromatic heterocycles. The van der Waals surface area contributed by atoms with Gasteiger partial charge in [-0.05, 0) is 80.3 Å². The molecule has 328 valence electrons. The second kappa shape index (κ2) is 18.1. The van der Waals surface area contributed by atoms with Crippen LogP contribution in [0.3, 0.4) is 0 Å². The zero-order chi connectivity index (χ0) is 43.7. The number of rotatable bonds is 7. The topological polar surface area (TPSA) is 187 Å². The molecule has 2 aromatic rings. The first-order valence-electron chi connectivity index (χ1n) is 21.0. The van der Waals surface area contributed by atoms with Crippen LogP contribution in [-0.4, -0.2) is 145 Å². The van der Waals surface area contributed by atoms with Gasteiger partial charge in [0.2, 0.25) is 35.4 Å². The minimum atomic E-state index is -1.62. The van der Waals surface area contributed by atoms with Gasteiger partial charge in [-0.3, -0.25) is 28.8 Å². The molecular weight excluding hydrogens is 797 g/mol. The van der Waals surface area contributed by atoms with Crippen molar-refractivity contribution < 1.29 is 51.8 Å². The van der Waals surface area contributed by atoms with Crippen LogP contribution >= 0.6 is 0 Å². The number of nitrogens with one attached hydrogen (secondary N) is 3. The highest BCUT2D eigenvalue weighted by Gasteiger charge is 2.47. The number of cyclic esters (lactones) is 1. The fraction of sp³-hybridized carbons (Fsp3) is 0.558. The lowest BCUT2D eigenvalue weighted by molar-refractivity contribution is -0.164. The largest absolute Gasteiger partial charge is 0.458 e. The number of hydrogen-bond acceptors (Lipinski definition) is 10. The van der Waals surface area contributed by atoms with Gasteiger partial charge in [-0.15, -0.1) is 0 Å². The van der Waals surface area contributed by atoms with Crippen molar-refractivity contribution in [2.24, 2.45) is 5.92 Å². The molecule has 4 fully saturated rings. The number of amides is 6. The van der Waals surface area contributed by atoms with Crippen LogP contribution in [0.5, 0.6) is 0 Å². The molecular formula is C43H53F2N7O9. The molecule has 4 saturated heterocycles. The van der Waals surface area contributed by atoms with Crippen molar-refractivity contribution in [2.45, 2.75) is 102 Å². The molecule has 2 aromatic carbocycles. The van der Waals surface area contributed by atoms with Crippen LogP contribution < -0.4 is 20.9 Å². The molecule has 0 bridgehead atoms. The van der Waals surface area contributed by atoms with Crippen LogP contribution in [0, 0.1) is 17.6 Å². The second-order valence-electron chi connectivity index (χ2n) is 16.9. The lowest BCUT2D eigenvalue weighted by Gasteiger charge is -2.39. The Hall–Kier alpha value is -5.65.